The maximum atomic E-state index is 11.8. The third-order valence-electron chi connectivity index (χ3n) is 5.33. The van der Waals surface area contributed by atoms with E-state index in [1.165, 1.54) is 19.3 Å². The number of nitrogens with one attached hydrogen (secondary N) is 2. The number of aliphatic hydroxyl groups is 1. The minimum absolute atomic E-state index is 0.119. The van der Waals surface area contributed by atoms with Crippen LogP contribution in [0.3, 0.4) is 0 Å². The van der Waals surface area contributed by atoms with E-state index in [0.29, 0.717) is 26.2 Å². The Balaban J connectivity index is 1.88. The van der Waals surface area contributed by atoms with E-state index in [-0.39, 0.29) is 17.8 Å². The molecule has 2 aliphatic rings. The number of rotatable bonds is 8. The van der Waals surface area contributed by atoms with E-state index in [4.69, 9.17) is 4.99 Å². The van der Waals surface area contributed by atoms with Crippen molar-refractivity contribution >= 4 is 16.0 Å². The average molecular weight is 375 g/mol. The molecule has 0 bridgehead atoms. The van der Waals surface area contributed by atoms with Gasteiger partial charge < -0.3 is 15.7 Å². The molecule has 0 spiro atoms. The summed E-state index contributed by atoms with van der Waals surface area (Å²) in [5.41, 5.74) is 0.119. The molecule has 1 aliphatic carbocycles. The average Bonchev–Trinajstić information content (AvgIpc) is 2.92. The van der Waals surface area contributed by atoms with Crippen molar-refractivity contribution in [3.8, 4) is 0 Å². The SMILES string of the molecule is CCNC(=NCC1(CCO)CCCCC1)NCCN1CCCS1(=O)=O. The van der Waals surface area contributed by atoms with Crippen LogP contribution in [0.5, 0.6) is 0 Å². The summed E-state index contributed by atoms with van der Waals surface area (Å²) in [4.78, 5) is 4.74. The normalized spacial score (nSPS) is 23.5. The molecule has 1 heterocycles. The van der Waals surface area contributed by atoms with Crippen molar-refractivity contribution in [1.82, 2.24) is 14.9 Å². The molecule has 7 nitrogen and oxygen atoms in total. The lowest BCUT2D eigenvalue weighted by Gasteiger charge is -2.35. The molecular formula is C17H34N4O3S. The van der Waals surface area contributed by atoms with Crippen LogP contribution in [-0.4, -0.2) is 68.9 Å². The third kappa shape index (κ3) is 6.11. The van der Waals surface area contributed by atoms with E-state index in [0.717, 1.165) is 38.2 Å². The fraction of sp³-hybridized carbons (Fsp3) is 0.941. The summed E-state index contributed by atoms with van der Waals surface area (Å²) >= 11 is 0. The Morgan fingerprint density at radius 3 is 2.56 bits per heavy atom. The summed E-state index contributed by atoms with van der Waals surface area (Å²) in [6, 6.07) is 0. The number of hydrogen-bond acceptors (Lipinski definition) is 4. The zero-order chi connectivity index (χ0) is 18.2. The summed E-state index contributed by atoms with van der Waals surface area (Å²) in [5, 5.41) is 15.9. The Morgan fingerprint density at radius 2 is 1.96 bits per heavy atom. The van der Waals surface area contributed by atoms with Gasteiger partial charge in [-0.25, -0.2) is 12.7 Å². The van der Waals surface area contributed by atoms with Crippen molar-refractivity contribution in [2.75, 3.05) is 45.1 Å². The van der Waals surface area contributed by atoms with Gasteiger partial charge >= 0.3 is 0 Å². The monoisotopic (exact) mass is 374 g/mol. The molecule has 1 saturated carbocycles. The highest BCUT2D eigenvalue weighted by atomic mass is 32.2. The number of aliphatic imine (C=N–C) groups is 1. The van der Waals surface area contributed by atoms with Gasteiger partial charge in [0.25, 0.3) is 0 Å². The van der Waals surface area contributed by atoms with E-state index in [2.05, 4.69) is 10.6 Å². The van der Waals surface area contributed by atoms with Gasteiger partial charge in [-0.1, -0.05) is 19.3 Å². The van der Waals surface area contributed by atoms with Crippen molar-refractivity contribution in [3.05, 3.63) is 0 Å². The zero-order valence-corrected chi connectivity index (χ0v) is 16.3. The van der Waals surface area contributed by atoms with Crippen molar-refractivity contribution in [2.45, 2.75) is 51.9 Å². The first kappa shape index (κ1) is 20.5. The zero-order valence-electron chi connectivity index (χ0n) is 15.5. The molecule has 25 heavy (non-hydrogen) atoms. The molecular weight excluding hydrogens is 340 g/mol. The molecule has 0 aromatic rings. The molecule has 0 radical (unpaired) electrons. The Bertz CT molecular complexity index is 525. The van der Waals surface area contributed by atoms with Crippen molar-refractivity contribution in [1.29, 1.82) is 0 Å². The summed E-state index contributed by atoms with van der Waals surface area (Å²) in [5.74, 6) is 1.01. The Morgan fingerprint density at radius 1 is 1.20 bits per heavy atom. The smallest absolute Gasteiger partial charge is 0.214 e. The molecule has 2 rings (SSSR count). The minimum Gasteiger partial charge on any atom is -0.396 e. The third-order valence-corrected chi connectivity index (χ3v) is 7.29. The van der Waals surface area contributed by atoms with Gasteiger partial charge in [0.1, 0.15) is 0 Å². The van der Waals surface area contributed by atoms with Crippen LogP contribution in [0.2, 0.25) is 0 Å². The second kappa shape index (κ2) is 9.73. The lowest BCUT2D eigenvalue weighted by Crippen LogP contribution is -2.42. The highest BCUT2D eigenvalue weighted by molar-refractivity contribution is 7.89. The van der Waals surface area contributed by atoms with Crippen LogP contribution < -0.4 is 10.6 Å². The van der Waals surface area contributed by atoms with Crippen LogP contribution in [0, 0.1) is 5.41 Å². The molecule has 1 aliphatic heterocycles. The first-order valence-corrected chi connectivity index (χ1v) is 11.2. The van der Waals surface area contributed by atoms with Gasteiger partial charge in [0.15, 0.2) is 5.96 Å². The maximum Gasteiger partial charge on any atom is 0.214 e. The Hall–Kier alpha value is -0.860. The summed E-state index contributed by atoms with van der Waals surface area (Å²) in [6.45, 7) is 5.37. The Kier molecular flexibility index (Phi) is 7.96. The maximum absolute atomic E-state index is 11.8. The number of nitrogens with zero attached hydrogens (tertiary/aromatic N) is 2. The van der Waals surface area contributed by atoms with Gasteiger partial charge in [-0.3, -0.25) is 4.99 Å². The van der Waals surface area contributed by atoms with Crippen LogP contribution in [0.1, 0.15) is 51.9 Å². The van der Waals surface area contributed by atoms with Crippen LogP contribution in [0.15, 0.2) is 4.99 Å². The fourth-order valence-electron chi connectivity index (χ4n) is 3.86. The van der Waals surface area contributed by atoms with E-state index in [1.54, 1.807) is 4.31 Å². The fourth-order valence-corrected chi connectivity index (χ4v) is 5.38. The molecule has 0 aromatic carbocycles. The van der Waals surface area contributed by atoms with E-state index in [1.807, 2.05) is 6.92 Å². The van der Waals surface area contributed by atoms with Crippen LogP contribution >= 0.6 is 0 Å². The van der Waals surface area contributed by atoms with Crippen LogP contribution in [-0.2, 0) is 10.0 Å². The molecule has 0 amide bonds. The second-order valence-corrected chi connectivity index (χ2v) is 9.31. The first-order chi connectivity index (χ1) is 12.0. The summed E-state index contributed by atoms with van der Waals surface area (Å²) < 4.78 is 25.2. The molecule has 0 atom stereocenters. The van der Waals surface area contributed by atoms with Crippen molar-refractivity contribution < 1.29 is 13.5 Å². The highest BCUT2D eigenvalue weighted by Crippen LogP contribution is 2.39. The van der Waals surface area contributed by atoms with Crippen LogP contribution in [0.25, 0.3) is 0 Å². The van der Waals surface area contributed by atoms with E-state index in [9.17, 15) is 13.5 Å². The lowest BCUT2D eigenvalue weighted by molar-refractivity contribution is 0.137. The number of hydrogen-bond donors (Lipinski definition) is 3. The molecule has 3 N–H and O–H groups in total. The van der Waals surface area contributed by atoms with Gasteiger partial charge in [-0.2, -0.15) is 0 Å². The quantitative estimate of drug-likeness (QED) is 0.434. The first-order valence-electron chi connectivity index (χ1n) is 9.62. The van der Waals surface area contributed by atoms with Crippen molar-refractivity contribution in [3.63, 3.8) is 0 Å². The predicted octanol–water partition coefficient (Wildman–Crippen LogP) is 0.910. The number of guanidine groups is 1. The van der Waals surface area contributed by atoms with Gasteiger partial charge in [0, 0.05) is 39.3 Å². The summed E-state index contributed by atoms with van der Waals surface area (Å²) in [6.07, 6.45) is 7.49. The molecule has 0 aromatic heterocycles. The van der Waals surface area contributed by atoms with Crippen LogP contribution in [0.4, 0.5) is 0 Å². The summed E-state index contributed by atoms with van der Waals surface area (Å²) in [7, 11) is -3.04. The number of sulfonamides is 1. The molecule has 2 fully saturated rings. The van der Waals surface area contributed by atoms with Gasteiger partial charge in [-0.15, -0.1) is 0 Å². The number of aliphatic hydroxyl groups excluding tert-OH is 1. The molecule has 0 unspecified atom stereocenters. The minimum atomic E-state index is -3.04. The second-order valence-electron chi connectivity index (χ2n) is 7.22. The van der Waals surface area contributed by atoms with Gasteiger partial charge in [0.05, 0.1) is 5.75 Å². The van der Waals surface area contributed by atoms with E-state index >= 15 is 0 Å². The predicted molar refractivity (Wildman–Crippen MR) is 101 cm³/mol. The van der Waals surface area contributed by atoms with E-state index < -0.39 is 10.0 Å². The molecule has 8 heteroatoms. The largest absolute Gasteiger partial charge is 0.396 e. The van der Waals surface area contributed by atoms with Crippen molar-refractivity contribution in [2.24, 2.45) is 10.4 Å². The molecule has 1 saturated heterocycles. The standard InChI is InChI=1S/C17H34N4O3S/c1-2-18-16(19-10-12-21-11-6-14-25(21,23)24)20-15-17(9-13-22)7-4-3-5-8-17/h22H,2-15H2,1H3,(H2,18,19,20). The van der Waals surface area contributed by atoms with Gasteiger partial charge in [0.2, 0.25) is 10.0 Å². The lowest BCUT2D eigenvalue weighted by atomic mass is 9.72. The highest BCUT2D eigenvalue weighted by Gasteiger charge is 2.31. The molecule has 146 valence electrons. The Labute approximate surface area is 152 Å². The van der Waals surface area contributed by atoms with Gasteiger partial charge in [-0.05, 0) is 38.0 Å². The topological polar surface area (TPSA) is 94.0 Å².